The number of ketones is 1. The Kier molecular flexibility index (Phi) is 5.35. The molecule has 3 heteroatoms. The Balaban J connectivity index is 1.88. The first-order valence-electron chi connectivity index (χ1n) is 6.89. The van der Waals surface area contributed by atoms with Crippen LogP contribution in [0.3, 0.4) is 0 Å². The lowest BCUT2D eigenvalue weighted by atomic mass is 10.1. The summed E-state index contributed by atoms with van der Waals surface area (Å²) in [6, 6.07) is 16.2. The molecular weight excluding hydrogens is 274 g/mol. The lowest BCUT2D eigenvalue weighted by molar-refractivity contribution is 0.0984. The number of hydrogen-bond acceptors (Lipinski definition) is 3. The summed E-state index contributed by atoms with van der Waals surface area (Å²) in [7, 11) is 1.59. The molecule has 0 fully saturated rings. The van der Waals surface area contributed by atoms with Crippen molar-refractivity contribution < 1.29 is 9.53 Å². The molecule has 0 N–H and O–H groups in total. The smallest absolute Gasteiger partial charge is 0.163 e. The second-order valence-electron chi connectivity index (χ2n) is 4.64. The van der Waals surface area contributed by atoms with Crippen molar-refractivity contribution in [3.63, 3.8) is 0 Å². The highest BCUT2D eigenvalue weighted by Crippen LogP contribution is 2.13. The molecule has 0 saturated heterocycles. The van der Waals surface area contributed by atoms with Gasteiger partial charge in [-0.1, -0.05) is 11.8 Å². The van der Waals surface area contributed by atoms with Crippen molar-refractivity contribution in [1.29, 1.82) is 5.26 Å². The molecule has 3 nitrogen and oxygen atoms in total. The highest BCUT2D eigenvalue weighted by atomic mass is 16.5. The summed E-state index contributed by atoms with van der Waals surface area (Å²) in [6.07, 6.45) is 0.889. The van der Waals surface area contributed by atoms with E-state index in [2.05, 4.69) is 17.9 Å². The van der Waals surface area contributed by atoms with Gasteiger partial charge in [0.1, 0.15) is 5.75 Å². The number of methoxy groups -OCH3 is 1. The molecule has 108 valence electrons. The number of carbonyl (C=O) groups excluding carboxylic acids is 1. The molecule has 0 saturated carbocycles. The molecule has 0 aliphatic heterocycles. The standard InChI is InChI=1S/C19H15NO2/c1-22-18-12-10-17(11-13-18)19(21)5-3-2-4-15-6-8-16(14-20)9-7-15/h6-13H,3,5H2,1H3. The van der Waals surface area contributed by atoms with E-state index in [1.54, 1.807) is 55.6 Å². The van der Waals surface area contributed by atoms with Gasteiger partial charge in [-0.2, -0.15) is 5.26 Å². The van der Waals surface area contributed by atoms with E-state index >= 15 is 0 Å². The predicted octanol–water partition coefficient (Wildman–Crippen LogP) is 3.58. The maximum absolute atomic E-state index is 12.0. The van der Waals surface area contributed by atoms with E-state index < -0.39 is 0 Å². The van der Waals surface area contributed by atoms with Gasteiger partial charge in [-0.25, -0.2) is 0 Å². The number of Topliss-reactive ketones (excluding diaryl/α,β-unsaturated/α-hetero) is 1. The summed E-state index contributed by atoms with van der Waals surface area (Å²) >= 11 is 0. The van der Waals surface area contributed by atoms with Crippen molar-refractivity contribution in [3.8, 4) is 23.7 Å². The molecule has 0 aromatic heterocycles. The molecule has 0 aliphatic rings. The molecule has 0 atom stereocenters. The number of nitrogens with zero attached hydrogens (tertiary/aromatic N) is 1. The van der Waals surface area contributed by atoms with Crippen molar-refractivity contribution in [1.82, 2.24) is 0 Å². The molecule has 0 radical (unpaired) electrons. The molecule has 22 heavy (non-hydrogen) atoms. The fourth-order valence-electron chi connectivity index (χ4n) is 1.89. The van der Waals surface area contributed by atoms with Crippen molar-refractivity contribution in [2.45, 2.75) is 12.8 Å². The lowest BCUT2D eigenvalue weighted by Gasteiger charge is -2.01. The van der Waals surface area contributed by atoms with Gasteiger partial charge >= 0.3 is 0 Å². The van der Waals surface area contributed by atoms with Crippen LogP contribution in [-0.4, -0.2) is 12.9 Å². The van der Waals surface area contributed by atoms with Gasteiger partial charge in [0.2, 0.25) is 0 Å². The average molecular weight is 289 g/mol. The molecule has 2 aromatic carbocycles. The summed E-state index contributed by atoms with van der Waals surface area (Å²) in [6.45, 7) is 0. The first kappa shape index (κ1) is 15.4. The van der Waals surface area contributed by atoms with Crippen molar-refractivity contribution >= 4 is 5.78 Å². The fraction of sp³-hybridized carbons (Fsp3) is 0.158. The topological polar surface area (TPSA) is 50.1 Å². The van der Waals surface area contributed by atoms with Crippen LogP contribution in [0.2, 0.25) is 0 Å². The molecule has 2 rings (SSSR count). The monoisotopic (exact) mass is 289 g/mol. The molecule has 0 aliphatic carbocycles. The zero-order valence-corrected chi connectivity index (χ0v) is 12.3. The molecule has 0 unspecified atom stereocenters. The maximum atomic E-state index is 12.0. The van der Waals surface area contributed by atoms with Crippen LogP contribution in [0.1, 0.15) is 34.3 Å². The van der Waals surface area contributed by atoms with E-state index in [0.29, 0.717) is 24.0 Å². The molecule has 0 spiro atoms. The third-order valence-corrected chi connectivity index (χ3v) is 3.14. The summed E-state index contributed by atoms with van der Waals surface area (Å²) < 4.78 is 5.06. The summed E-state index contributed by atoms with van der Waals surface area (Å²) in [5.41, 5.74) is 2.12. The zero-order valence-electron chi connectivity index (χ0n) is 12.3. The van der Waals surface area contributed by atoms with Crippen LogP contribution in [0.5, 0.6) is 5.75 Å². The van der Waals surface area contributed by atoms with E-state index in [9.17, 15) is 4.79 Å². The van der Waals surface area contributed by atoms with Crippen molar-refractivity contribution in [2.24, 2.45) is 0 Å². The van der Waals surface area contributed by atoms with Crippen LogP contribution < -0.4 is 4.74 Å². The van der Waals surface area contributed by atoms with E-state index in [0.717, 1.165) is 11.3 Å². The minimum Gasteiger partial charge on any atom is -0.497 e. The van der Waals surface area contributed by atoms with E-state index in [-0.39, 0.29) is 5.78 Å². The minimum absolute atomic E-state index is 0.0665. The van der Waals surface area contributed by atoms with Crippen molar-refractivity contribution in [2.75, 3.05) is 7.11 Å². The third-order valence-electron chi connectivity index (χ3n) is 3.14. The number of rotatable bonds is 4. The van der Waals surface area contributed by atoms with Gasteiger partial charge in [0.05, 0.1) is 18.7 Å². The summed E-state index contributed by atoms with van der Waals surface area (Å²) in [5.74, 6) is 6.77. The number of benzene rings is 2. The quantitative estimate of drug-likeness (QED) is 0.638. The van der Waals surface area contributed by atoms with Gasteiger partial charge < -0.3 is 4.74 Å². The zero-order chi connectivity index (χ0) is 15.8. The summed E-state index contributed by atoms with van der Waals surface area (Å²) in [4.78, 5) is 12.0. The molecule has 0 amide bonds. The Morgan fingerprint density at radius 1 is 1.05 bits per heavy atom. The number of hydrogen-bond donors (Lipinski definition) is 0. The van der Waals surface area contributed by atoms with Gasteiger partial charge in [0.15, 0.2) is 5.78 Å². The first-order chi connectivity index (χ1) is 10.7. The Morgan fingerprint density at radius 3 is 2.27 bits per heavy atom. The van der Waals surface area contributed by atoms with Crippen LogP contribution in [-0.2, 0) is 0 Å². The lowest BCUT2D eigenvalue weighted by Crippen LogP contribution is -1.98. The minimum atomic E-state index is 0.0665. The van der Waals surface area contributed by atoms with Crippen LogP contribution in [0, 0.1) is 23.2 Å². The van der Waals surface area contributed by atoms with E-state index in [4.69, 9.17) is 10.00 Å². The predicted molar refractivity (Wildman–Crippen MR) is 84.6 cm³/mol. The molecule has 0 bridgehead atoms. The Labute approximate surface area is 130 Å². The van der Waals surface area contributed by atoms with Crippen LogP contribution >= 0.6 is 0 Å². The molecule has 2 aromatic rings. The first-order valence-corrected chi connectivity index (χ1v) is 6.89. The van der Waals surface area contributed by atoms with Crippen molar-refractivity contribution in [3.05, 3.63) is 65.2 Å². The second kappa shape index (κ2) is 7.67. The van der Waals surface area contributed by atoms with Gasteiger partial charge in [-0.05, 0) is 48.5 Å². The van der Waals surface area contributed by atoms with Gasteiger partial charge in [0, 0.05) is 24.0 Å². The SMILES string of the molecule is COc1ccc(C(=O)CCC#Cc2ccc(C#N)cc2)cc1. The Hall–Kier alpha value is -3.04. The Bertz CT molecular complexity index is 741. The van der Waals surface area contributed by atoms with Crippen LogP contribution in [0.15, 0.2) is 48.5 Å². The second-order valence-corrected chi connectivity index (χ2v) is 4.64. The highest BCUT2D eigenvalue weighted by Gasteiger charge is 2.04. The normalized spacial score (nSPS) is 9.27. The van der Waals surface area contributed by atoms with E-state index in [1.807, 2.05) is 0 Å². The van der Waals surface area contributed by atoms with Gasteiger partial charge in [0.25, 0.3) is 0 Å². The average Bonchev–Trinajstić information content (AvgIpc) is 2.59. The van der Waals surface area contributed by atoms with Gasteiger partial charge in [-0.3, -0.25) is 4.79 Å². The number of carbonyl (C=O) groups is 1. The highest BCUT2D eigenvalue weighted by molar-refractivity contribution is 5.96. The Morgan fingerprint density at radius 2 is 1.68 bits per heavy atom. The van der Waals surface area contributed by atoms with Gasteiger partial charge in [-0.15, -0.1) is 0 Å². The van der Waals surface area contributed by atoms with Crippen LogP contribution in [0.4, 0.5) is 0 Å². The summed E-state index contributed by atoms with van der Waals surface area (Å²) in [5, 5.41) is 8.71. The maximum Gasteiger partial charge on any atom is 0.163 e. The molecular formula is C19H15NO2. The number of ether oxygens (including phenoxy) is 1. The largest absolute Gasteiger partial charge is 0.497 e. The van der Waals surface area contributed by atoms with Crippen LogP contribution in [0.25, 0.3) is 0 Å². The van der Waals surface area contributed by atoms with E-state index in [1.165, 1.54) is 0 Å². The number of nitriles is 1. The fourth-order valence-corrected chi connectivity index (χ4v) is 1.89. The third kappa shape index (κ3) is 4.23. The molecule has 0 heterocycles.